The minimum atomic E-state index is -3.20. The molecule has 6 nitrogen and oxygen atoms in total. The normalized spacial score (nSPS) is 16.8. The van der Waals surface area contributed by atoms with Gasteiger partial charge in [0.2, 0.25) is 10.0 Å². The van der Waals surface area contributed by atoms with Crippen LogP contribution in [-0.4, -0.2) is 63.1 Å². The zero-order valence-corrected chi connectivity index (χ0v) is 16.7. The molecule has 0 radical (unpaired) electrons. The lowest BCUT2D eigenvalue weighted by Gasteiger charge is -2.34. The number of piperazine rings is 1. The van der Waals surface area contributed by atoms with E-state index in [-0.39, 0.29) is 11.3 Å². The number of rotatable bonds is 3. The van der Waals surface area contributed by atoms with Crippen LogP contribution in [0.15, 0.2) is 12.1 Å². The molecule has 1 aromatic carbocycles. The molecule has 0 atom stereocenters. The molecule has 1 aromatic rings. The highest BCUT2D eigenvalue weighted by Crippen LogP contribution is 2.34. The number of benzene rings is 1. The number of methoxy groups -OCH3 is 1. The van der Waals surface area contributed by atoms with Crippen molar-refractivity contribution in [1.82, 2.24) is 9.21 Å². The maximum atomic E-state index is 13.0. The van der Waals surface area contributed by atoms with Crippen LogP contribution in [0.25, 0.3) is 0 Å². The lowest BCUT2D eigenvalue weighted by molar-refractivity contribution is 0.0697. The summed E-state index contributed by atoms with van der Waals surface area (Å²) in [6, 6.07) is 3.82. The van der Waals surface area contributed by atoms with Gasteiger partial charge < -0.3 is 9.64 Å². The van der Waals surface area contributed by atoms with Gasteiger partial charge in [-0.1, -0.05) is 20.8 Å². The van der Waals surface area contributed by atoms with Gasteiger partial charge in [0.05, 0.1) is 13.4 Å². The number of ether oxygens (including phenoxy) is 1. The number of sulfonamides is 1. The zero-order chi connectivity index (χ0) is 19.0. The lowest BCUT2D eigenvalue weighted by Crippen LogP contribution is -2.50. The summed E-state index contributed by atoms with van der Waals surface area (Å²) >= 11 is 0. The van der Waals surface area contributed by atoms with Crippen LogP contribution < -0.4 is 4.74 Å². The first-order valence-corrected chi connectivity index (χ1v) is 10.2. The summed E-state index contributed by atoms with van der Waals surface area (Å²) in [5, 5.41) is 0. The standard InChI is InChI=1S/C18H28N2O4S/c1-13-11-16(24-5)15(18(2,3)4)12-14(13)17(21)19-7-9-20(10-8-19)25(6,22)23/h11-12H,7-10H2,1-6H3. The molecule has 1 heterocycles. The number of amides is 1. The van der Waals surface area contributed by atoms with Crippen molar-refractivity contribution >= 4 is 15.9 Å². The van der Waals surface area contributed by atoms with Crippen molar-refractivity contribution in [1.29, 1.82) is 0 Å². The maximum Gasteiger partial charge on any atom is 0.254 e. The Balaban J connectivity index is 2.28. The molecule has 1 aliphatic heterocycles. The Morgan fingerprint density at radius 3 is 2.12 bits per heavy atom. The topological polar surface area (TPSA) is 66.9 Å². The fourth-order valence-corrected chi connectivity index (χ4v) is 3.89. The molecule has 1 amide bonds. The first-order valence-electron chi connectivity index (χ1n) is 8.38. The van der Waals surface area contributed by atoms with Crippen LogP contribution in [0.5, 0.6) is 5.75 Å². The van der Waals surface area contributed by atoms with Gasteiger partial charge >= 0.3 is 0 Å². The Bertz CT molecular complexity index is 758. The molecule has 0 unspecified atom stereocenters. The van der Waals surface area contributed by atoms with E-state index in [0.717, 1.165) is 16.9 Å². The smallest absolute Gasteiger partial charge is 0.254 e. The van der Waals surface area contributed by atoms with E-state index < -0.39 is 10.0 Å². The van der Waals surface area contributed by atoms with E-state index in [1.54, 1.807) is 12.0 Å². The molecule has 1 fully saturated rings. The van der Waals surface area contributed by atoms with Crippen LogP contribution in [0, 0.1) is 6.92 Å². The fourth-order valence-electron chi connectivity index (χ4n) is 3.06. The molecular formula is C18H28N2O4S. The third kappa shape index (κ3) is 4.33. The zero-order valence-electron chi connectivity index (χ0n) is 15.9. The van der Waals surface area contributed by atoms with Crippen molar-refractivity contribution in [2.45, 2.75) is 33.1 Å². The quantitative estimate of drug-likeness (QED) is 0.819. The van der Waals surface area contributed by atoms with Crippen molar-refractivity contribution < 1.29 is 17.9 Å². The van der Waals surface area contributed by atoms with Gasteiger partial charge in [-0.25, -0.2) is 8.42 Å². The van der Waals surface area contributed by atoms with Gasteiger partial charge in [0.1, 0.15) is 5.75 Å². The van der Waals surface area contributed by atoms with Crippen LogP contribution in [-0.2, 0) is 15.4 Å². The molecule has 2 rings (SSSR count). The molecule has 0 N–H and O–H groups in total. The number of carbonyl (C=O) groups is 1. The summed E-state index contributed by atoms with van der Waals surface area (Å²) in [6.45, 7) is 9.63. The third-order valence-corrected chi connectivity index (χ3v) is 5.88. The van der Waals surface area contributed by atoms with E-state index in [9.17, 15) is 13.2 Å². The van der Waals surface area contributed by atoms with E-state index in [2.05, 4.69) is 20.8 Å². The molecule has 0 spiro atoms. The molecule has 0 bridgehead atoms. The van der Waals surface area contributed by atoms with Crippen molar-refractivity contribution in [3.8, 4) is 5.75 Å². The Morgan fingerprint density at radius 2 is 1.68 bits per heavy atom. The van der Waals surface area contributed by atoms with Gasteiger partial charge in [-0.15, -0.1) is 0 Å². The first-order chi connectivity index (χ1) is 11.4. The number of hydrogen-bond acceptors (Lipinski definition) is 4. The molecule has 7 heteroatoms. The SMILES string of the molecule is COc1cc(C)c(C(=O)N2CCN(S(C)(=O)=O)CC2)cc1C(C)(C)C. The summed E-state index contributed by atoms with van der Waals surface area (Å²) < 4.78 is 30.1. The summed E-state index contributed by atoms with van der Waals surface area (Å²) in [7, 11) is -1.57. The van der Waals surface area contributed by atoms with E-state index in [0.29, 0.717) is 31.7 Å². The van der Waals surface area contributed by atoms with Crippen LogP contribution in [0.1, 0.15) is 42.3 Å². The summed E-state index contributed by atoms with van der Waals surface area (Å²) in [5.41, 5.74) is 2.35. The van der Waals surface area contributed by atoms with E-state index in [1.807, 2.05) is 19.1 Å². The highest BCUT2D eigenvalue weighted by Gasteiger charge is 2.29. The largest absolute Gasteiger partial charge is 0.496 e. The Labute approximate surface area is 150 Å². The van der Waals surface area contributed by atoms with Crippen LogP contribution in [0.2, 0.25) is 0 Å². The second kappa shape index (κ2) is 6.96. The summed E-state index contributed by atoms with van der Waals surface area (Å²) in [4.78, 5) is 14.7. The number of hydrogen-bond donors (Lipinski definition) is 0. The average Bonchev–Trinajstić information content (AvgIpc) is 2.52. The maximum absolute atomic E-state index is 13.0. The first kappa shape index (κ1) is 19.7. The predicted molar refractivity (Wildman–Crippen MR) is 98.8 cm³/mol. The van der Waals surface area contributed by atoms with Gasteiger partial charge in [0.15, 0.2) is 0 Å². The van der Waals surface area contributed by atoms with E-state index >= 15 is 0 Å². The van der Waals surface area contributed by atoms with Gasteiger partial charge in [-0.05, 0) is 30.0 Å². The molecule has 25 heavy (non-hydrogen) atoms. The minimum absolute atomic E-state index is 0.0567. The van der Waals surface area contributed by atoms with Crippen LogP contribution in [0.3, 0.4) is 0 Å². The summed E-state index contributed by atoms with van der Waals surface area (Å²) in [5.74, 6) is 0.724. The molecule has 1 saturated heterocycles. The molecule has 0 saturated carbocycles. The monoisotopic (exact) mass is 368 g/mol. The lowest BCUT2D eigenvalue weighted by atomic mass is 9.84. The van der Waals surface area contributed by atoms with Gasteiger partial charge in [0.25, 0.3) is 5.91 Å². The van der Waals surface area contributed by atoms with E-state index in [1.165, 1.54) is 10.6 Å². The molecule has 140 valence electrons. The van der Waals surface area contributed by atoms with Gasteiger partial charge in [-0.2, -0.15) is 4.31 Å². The predicted octanol–water partition coefficient (Wildman–Crippen LogP) is 2.02. The summed E-state index contributed by atoms with van der Waals surface area (Å²) in [6.07, 6.45) is 1.20. The second-order valence-corrected chi connectivity index (χ2v) is 9.55. The minimum Gasteiger partial charge on any atom is -0.496 e. The van der Waals surface area contributed by atoms with Crippen molar-refractivity contribution in [2.75, 3.05) is 39.5 Å². The van der Waals surface area contributed by atoms with Crippen molar-refractivity contribution in [2.24, 2.45) is 0 Å². The molecule has 1 aliphatic rings. The fraction of sp³-hybridized carbons (Fsp3) is 0.611. The number of aryl methyl sites for hydroxylation is 1. The number of carbonyl (C=O) groups excluding carboxylic acids is 1. The van der Waals surface area contributed by atoms with E-state index in [4.69, 9.17) is 4.74 Å². The Kier molecular flexibility index (Phi) is 5.49. The molecular weight excluding hydrogens is 340 g/mol. The molecule has 0 aromatic heterocycles. The highest BCUT2D eigenvalue weighted by atomic mass is 32.2. The van der Waals surface area contributed by atoms with Crippen LogP contribution in [0.4, 0.5) is 0 Å². The van der Waals surface area contributed by atoms with Gasteiger partial charge in [-0.3, -0.25) is 4.79 Å². The Morgan fingerprint density at radius 1 is 1.12 bits per heavy atom. The Hall–Kier alpha value is -1.60. The van der Waals surface area contributed by atoms with Gasteiger partial charge in [0, 0.05) is 37.3 Å². The van der Waals surface area contributed by atoms with Crippen molar-refractivity contribution in [3.63, 3.8) is 0 Å². The number of nitrogens with zero attached hydrogens (tertiary/aromatic N) is 2. The highest BCUT2D eigenvalue weighted by molar-refractivity contribution is 7.88. The van der Waals surface area contributed by atoms with Crippen LogP contribution >= 0.6 is 0 Å². The van der Waals surface area contributed by atoms with Crippen molar-refractivity contribution in [3.05, 3.63) is 28.8 Å². The second-order valence-electron chi connectivity index (χ2n) is 7.57. The molecule has 0 aliphatic carbocycles. The third-order valence-electron chi connectivity index (χ3n) is 4.58. The average molecular weight is 368 g/mol.